The Kier molecular flexibility index (Phi) is 5.30. The number of ether oxygens (including phenoxy) is 1. The molecule has 2 heterocycles. The number of thiophene rings is 1. The molecule has 0 saturated heterocycles. The molecule has 0 spiro atoms. The number of nitrogens with zero attached hydrogens (tertiary/aromatic N) is 3. The second-order valence-corrected chi connectivity index (χ2v) is 8.05. The van der Waals surface area contributed by atoms with Gasteiger partial charge in [-0.15, -0.1) is 16.4 Å². The minimum Gasteiger partial charge on any atom is -0.506 e. The van der Waals surface area contributed by atoms with E-state index in [2.05, 4.69) is 63.0 Å². The molecule has 0 aliphatic heterocycles. The Labute approximate surface area is 161 Å². The third-order valence-electron chi connectivity index (χ3n) is 2.82. The molecule has 0 fully saturated rings. The Hall–Kier alpha value is -1.03. The lowest BCUT2D eigenvalue weighted by atomic mass is 10.1. The third kappa shape index (κ3) is 4.09. The molecule has 3 rings (SSSR count). The van der Waals surface area contributed by atoms with Crippen molar-refractivity contribution in [1.29, 1.82) is 0 Å². The van der Waals surface area contributed by atoms with Crippen molar-refractivity contribution in [2.45, 2.75) is 6.61 Å². The summed E-state index contributed by atoms with van der Waals surface area (Å²) < 4.78 is 7.66. The number of aromatic nitrogens is 3. The van der Waals surface area contributed by atoms with Gasteiger partial charge in [-0.3, -0.25) is 0 Å². The Balaban J connectivity index is 1.74. The molecule has 0 atom stereocenters. The van der Waals surface area contributed by atoms with Crippen molar-refractivity contribution >= 4 is 59.1 Å². The molecule has 0 amide bonds. The molecule has 0 aliphatic carbocycles. The normalized spacial score (nSPS) is 10.7. The van der Waals surface area contributed by atoms with E-state index in [1.807, 2.05) is 11.4 Å². The lowest BCUT2D eigenvalue weighted by molar-refractivity contribution is 0.280. The molecule has 23 heavy (non-hydrogen) atoms. The number of hydrogen-bond donors (Lipinski definition) is 1. The number of hydrogen-bond acceptors (Lipinski definition) is 6. The summed E-state index contributed by atoms with van der Waals surface area (Å²) in [5.74, 6) is 0.136. The average molecular weight is 522 g/mol. The summed E-state index contributed by atoms with van der Waals surface area (Å²) in [5.41, 5.74) is 1.35. The van der Waals surface area contributed by atoms with Crippen molar-refractivity contribution in [2.24, 2.45) is 0 Å². The summed E-state index contributed by atoms with van der Waals surface area (Å²) in [6, 6.07) is 5.69. The van der Waals surface area contributed by atoms with E-state index in [1.165, 1.54) is 0 Å². The van der Waals surface area contributed by atoms with Crippen LogP contribution in [0.4, 0.5) is 0 Å². The highest BCUT2D eigenvalue weighted by Gasteiger charge is 2.10. The standard InChI is InChI=1S/C14H8Br3N3O2S/c15-8-3-9(23-6-8)5-22-14-18-4-12(19-20-14)7-1-10(16)13(21)11(17)2-7/h1-4,6,21H,5H2. The maximum Gasteiger partial charge on any atom is 0.336 e. The Morgan fingerprint density at radius 1 is 1.09 bits per heavy atom. The lowest BCUT2D eigenvalue weighted by Crippen LogP contribution is -2.00. The fraction of sp³-hybridized carbons (Fsp3) is 0.0714. The van der Waals surface area contributed by atoms with Crippen LogP contribution in [-0.2, 0) is 6.61 Å². The number of phenolic OH excluding ortho intramolecular Hbond substituents is 1. The molecule has 0 bridgehead atoms. The average Bonchev–Trinajstić information content (AvgIpc) is 2.96. The van der Waals surface area contributed by atoms with Crippen molar-refractivity contribution in [1.82, 2.24) is 15.2 Å². The first-order valence-corrected chi connectivity index (χ1v) is 9.52. The lowest BCUT2D eigenvalue weighted by Gasteiger charge is -2.06. The summed E-state index contributed by atoms with van der Waals surface area (Å²) in [5, 5.41) is 19.8. The number of rotatable bonds is 4. The van der Waals surface area contributed by atoms with Crippen molar-refractivity contribution in [3.8, 4) is 23.0 Å². The van der Waals surface area contributed by atoms with Gasteiger partial charge in [0.1, 0.15) is 18.1 Å². The molecular formula is C14H8Br3N3O2S. The molecule has 1 N–H and O–H groups in total. The summed E-state index contributed by atoms with van der Waals surface area (Å²) in [7, 11) is 0. The zero-order valence-electron chi connectivity index (χ0n) is 11.3. The van der Waals surface area contributed by atoms with Gasteiger partial charge in [-0.05, 0) is 66.0 Å². The minimum atomic E-state index is 0.136. The predicted octanol–water partition coefficient (Wildman–Crippen LogP) is 5.17. The Bertz CT molecular complexity index is 817. The number of benzene rings is 1. The van der Waals surface area contributed by atoms with Gasteiger partial charge in [0.2, 0.25) is 0 Å². The van der Waals surface area contributed by atoms with E-state index < -0.39 is 0 Å². The van der Waals surface area contributed by atoms with Crippen LogP contribution < -0.4 is 4.74 Å². The third-order valence-corrected chi connectivity index (χ3v) is 5.70. The van der Waals surface area contributed by atoms with Crippen LogP contribution >= 0.6 is 59.1 Å². The molecule has 2 aromatic heterocycles. The fourth-order valence-corrected chi connectivity index (χ4v) is 4.29. The fourth-order valence-electron chi connectivity index (χ4n) is 1.74. The van der Waals surface area contributed by atoms with Crippen LogP contribution in [0, 0.1) is 0 Å². The predicted molar refractivity (Wildman–Crippen MR) is 98.7 cm³/mol. The van der Waals surface area contributed by atoms with Crippen molar-refractivity contribution in [2.75, 3.05) is 0 Å². The van der Waals surface area contributed by atoms with Crippen LogP contribution in [0.2, 0.25) is 0 Å². The summed E-state index contributed by atoms with van der Waals surface area (Å²) in [6.45, 7) is 0.396. The number of aromatic hydroxyl groups is 1. The van der Waals surface area contributed by atoms with E-state index in [4.69, 9.17) is 4.74 Å². The molecule has 1 aromatic carbocycles. The zero-order chi connectivity index (χ0) is 16.4. The highest BCUT2D eigenvalue weighted by Crippen LogP contribution is 2.36. The Morgan fingerprint density at radius 2 is 1.83 bits per heavy atom. The van der Waals surface area contributed by atoms with Crippen LogP contribution in [0.15, 0.2) is 43.2 Å². The molecule has 9 heteroatoms. The van der Waals surface area contributed by atoms with E-state index in [-0.39, 0.29) is 11.8 Å². The van der Waals surface area contributed by atoms with Gasteiger partial charge in [0.05, 0.1) is 15.1 Å². The van der Waals surface area contributed by atoms with Gasteiger partial charge >= 0.3 is 6.01 Å². The molecule has 0 aliphatic rings. The van der Waals surface area contributed by atoms with Gasteiger partial charge in [-0.2, -0.15) is 0 Å². The summed E-state index contributed by atoms with van der Waals surface area (Å²) in [6.07, 6.45) is 1.58. The van der Waals surface area contributed by atoms with Crippen LogP contribution in [0.3, 0.4) is 0 Å². The van der Waals surface area contributed by atoms with Crippen molar-refractivity contribution in [3.05, 3.63) is 48.1 Å². The van der Waals surface area contributed by atoms with E-state index in [0.717, 1.165) is 14.9 Å². The second-order valence-electron chi connectivity index (χ2n) is 4.43. The van der Waals surface area contributed by atoms with Gasteiger partial charge in [0.25, 0.3) is 0 Å². The van der Waals surface area contributed by atoms with Crippen LogP contribution in [-0.4, -0.2) is 20.3 Å². The molecule has 118 valence electrons. The quantitative estimate of drug-likeness (QED) is 0.513. The minimum absolute atomic E-state index is 0.136. The highest BCUT2D eigenvalue weighted by atomic mass is 79.9. The molecular weight excluding hydrogens is 514 g/mol. The SMILES string of the molecule is Oc1c(Br)cc(-c2cnc(OCc3cc(Br)cs3)nn2)cc1Br. The van der Waals surface area contributed by atoms with E-state index in [0.29, 0.717) is 21.2 Å². The first kappa shape index (κ1) is 16.8. The molecule has 5 nitrogen and oxygen atoms in total. The summed E-state index contributed by atoms with van der Waals surface area (Å²) in [4.78, 5) is 5.23. The summed E-state index contributed by atoms with van der Waals surface area (Å²) >= 11 is 11.6. The van der Waals surface area contributed by atoms with Crippen molar-refractivity contribution < 1.29 is 9.84 Å². The molecule has 0 unspecified atom stereocenters. The first-order valence-electron chi connectivity index (χ1n) is 6.27. The van der Waals surface area contributed by atoms with Gasteiger partial charge in [0, 0.05) is 20.3 Å². The van der Waals surface area contributed by atoms with Crippen molar-refractivity contribution in [3.63, 3.8) is 0 Å². The van der Waals surface area contributed by atoms with Crippen LogP contribution in [0.5, 0.6) is 11.8 Å². The van der Waals surface area contributed by atoms with E-state index in [9.17, 15) is 5.11 Å². The topological polar surface area (TPSA) is 68.1 Å². The van der Waals surface area contributed by atoms with Crippen LogP contribution in [0.25, 0.3) is 11.3 Å². The zero-order valence-corrected chi connectivity index (χ0v) is 16.9. The molecule has 0 radical (unpaired) electrons. The smallest absolute Gasteiger partial charge is 0.336 e. The van der Waals surface area contributed by atoms with Gasteiger partial charge < -0.3 is 9.84 Å². The Morgan fingerprint density at radius 3 is 2.39 bits per heavy atom. The van der Waals surface area contributed by atoms with Gasteiger partial charge in [0.15, 0.2) is 0 Å². The monoisotopic (exact) mass is 519 g/mol. The highest BCUT2D eigenvalue weighted by molar-refractivity contribution is 9.11. The van der Waals surface area contributed by atoms with Gasteiger partial charge in [-0.25, -0.2) is 4.98 Å². The van der Waals surface area contributed by atoms with Crippen LogP contribution in [0.1, 0.15) is 4.88 Å². The van der Waals surface area contributed by atoms with E-state index in [1.54, 1.807) is 29.7 Å². The molecule has 0 saturated carbocycles. The molecule has 3 aromatic rings. The largest absolute Gasteiger partial charge is 0.506 e. The second kappa shape index (κ2) is 7.25. The van der Waals surface area contributed by atoms with E-state index >= 15 is 0 Å². The first-order chi connectivity index (χ1) is 11.0. The maximum absolute atomic E-state index is 9.73. The number of phenols is 1. The number of halogens is 3. The van der Waals surface area contributed by atoms with Gasteiger partial charge in [-0.1, -0.05) is 5.10 Å². The maximum atomic E-state index is 9.73.